The standard InChI is InChI=1S/C32H39N3O5S/c1-4-40-30-17-11-10-16-29(30)35(41(38,39)28-20-18-24(2)19-21-28)23-31(36)34(22-26-12-6-5-7-13-26)25(3)32(37)33-27-14-8-9-15-27/h5-7,10-13,16-21,25,27H,4,8-9,14-15,22-23H2,1-3H3,(H,33,37)/t25-/m0/s1. The highest BCUT2D eigenvalue weighted by molar-refractivity contribution is 7.92. The second-order valence-corrected chi connectivity index (χ2v) is 12.3. The summed E-state index contributed by atoms with van der Waals surface area (Å²) >= 11 is 0. The number of carbonyl (C=O) groups excluding carboxylic acids is 2. The molecule has 218 valence electrons. The zero-order valence-electron chi connectivity index (χ0n) is 24.0. The molecule has 9 heteroatoms. The van der Waals surface area contributed by atoms with Crippen LogP contribution in [-0.4, -0.2) is 50.4 Å². The number of hydrogen-bond donors (Lipinski definition) is 1. The largest absolute Gasteiger partial charge is 0.492 e. The van der Waals surface area contributed by atoms with Crippen molar-refractivity contribution in [1.29, 1.82) is 0 Å². The first-order chi connectivity index (χ1) is 19.7. The van der Waals surface area contributed by atoms with E-state index < -0.39 is 28.5 Å². The lowest BCUT2D eigenvalue weighted by Crippen LogP contribution is -2.52. The molecule has 0 aromatic heterocycles. The van der Waals surface area contributed by atoms with E-state index in [9.17, 15) is 18.0 Å². The normalized spacial score (nSPS) is 14.3. The molecule has 1 aliphatic carbocycles. The summed E-state index contributed by atoms with van der Waals surface area (Å²) in [5.74, 6) is -0.395. The minimum absolute atomic E-state index is 0.0591. The van der Waals surface area contributed by atoms with Gasteiger partial charge in [0.1, 0.15) is 18.3 Å². The highest BCUT2D eigenvalue weighted by Gasteiger charge is 2.34. The molecule has 1 N–H and O–H groups in total. The first-order valence-electron chi connectivity index (χ1n) is 14.2. The van der Waals surface area contributed by atoms with Crippen molar-refractivity contribution in [2.45, 2.75) is 70.0 Å². The first-order valence-corrected chi connectivity index (χ1v) is 15.6. The van der Waals surface area contributed by atoms with Crippen LogP contribution >= 0.6 is 0 Å². The van der Waals surface area contributed by atoms with E-state index in [1.54, 1.807) is 43.3 Å². The van der Waals surface area contributed by atoms with E-state index in [0.29, 0.717) is 12.4 Å². The van der Waals surface area contributed by atoms with Crippen molar-refractivity contribution in [1.82, 2.24) is 10.2 Å². The number of nitrogens with one attached hydrogen (secondary N) is 1. The van der Waals surface area contributed by atoms with Gasteiger partial charge in [-0.25, -0.2) is 8.42 Å². The van der Waals surface area contributed by atoms with E-state index in [0.717, 1.165) is 41.1 Å². The SMILES string of the molecule is CCOc1ccccc1N(CC(=O)N(Cc1ccccc1)[C@@H](C)C(=O)NC1CCCC1)S(=O)(=O)c1ccc(C)cc1. The molecule has 41 heavy (non-hydrogen) atoms. The van der Waals surface area contributed by atoms with Crippen molar-refractivity contribution in [3.63, 3.8) is 0 Å². The Morgan fingerprint density at radius 1 is 0.951 bits per heavy atom. The summed E-state index contributed by atoms with van der Waals surface area (Å²) in [5, 5.41) is 3.09. The van der Waals surface area contributed by atoms with Crippen LogP contribution in [0.1, 0.15) is 50.7 Å². The maximum atomic E-state index is 14.1. The van der Waals surface area contributed by atoms with Gasteiger partial charge in [0.05, 0.1) is 17.2 Å². The second kappa shape index (κ2) is 13.7. The summed E-state index contributed by atoms with van der Waals surface area (Å²) in [5.41, 5.74) is 2.01. The van der Waals surface area contributed by atoms with Crippen molar-refractivity contribution in [3.05, 3.63) is 90.0 Å². The van der Waals surface area contributed by atoms with Crippen molar-refractivity contribution in [2.24, 2.45) is 0 Å². The molecule has 0 aliphatic heterocycles. The average Bonchev–Trinajstić information content (AvgIpc) is 3.48. The highest BCUT2D eigenvalue weighted by Crippen LogP contribution is 2.33. The van der Waals surface area contributed by atoms with Crippen LogP contribution in [0.25, 0.3) is 0 Å². The van der Waals surface area contributed by atoms with Crippen LogP contribution in [0.15, 0.2) is 83.8 Å². The number of anilines is 1. The quantitative estimate of drug-likeness (QED) is 0.325. The van der Waals surface area contributed by atoms with E-state index >= 15 is 0 Å². The third kappa shape index (κ3) is 7.47. The fourth-order valence-electron chi connectivity index (χ4n) is 5.05. The Bertz CT molecular complexity index is 1420. The third-order valence-corrected chi connectivity index (χ3v) is 9.16. The summed E-state index contributed by atoms with van der Waals surface area (Å²) in [6, 6.07) is 21.9. The van der Waals surface area contributed by atoms with Gasteiger partial charge in [-0.2, -0.15) is 0 Å². The van der Waals surface area contributed by atoms with Gasteiger partial charge >= 0.3 is 0 Å². The maximum absolute atomic E-state index is 14.1. The molecule has 1 atom stereocenters. The van der Waals surface area contributed by atoms with E-state index in [2.05, 4.69) is 5.32 Å². The summed E-state index contributed by atoms with van der Waals surface area (Å²) in [7, 11) is -4.17. The van der Waals surface area contributed by atoms with Gasteiger partial charge in [0.15, 0.2) is 0 Å². The van der Waals surface area contributed by atoms with Crippen LogP contribution in [-0.2, 0) is 26.2 Å². The van der Waals surface area contributed by atoms with Crippen LogP contribution < -0.4 is 14.4 Å². The molecular weight excluding hydrogens is 538 g/mol. The number of carbonyl (C=O) groups is 2. The number of nitrogens with zero attached hydrogens (tertiary/aromatic N) is 2. The fraction of sp³-hybridized carbons (Fsp3) is 0.375. The van der Waals surface area contributed by atoms with E-state index in [1.165, 1.54) is 17.0 Å². The molecule has 0 heterocycles. The van der Waals surface area contributed by atoms with Gasteiger partial charge in [0.2, 0.25) is 11.8 Å². The molecule has 3 aromatic carbocycles. The number of ether oxygens (including phenoxy) is 1. The van der Waals surface area contributed by atoms with Crippen molar-refractivity contribution < 1.29 is 22.7 Å². The lowest BCUT2D eigenvalue weighted by molar-refractivity contribution is -0.139. The number of benzene rings is 3. The fourth-order valence-corrected chi connectivity index (χ4v) is 6.47. The van der Waals surface area contributed by atoms with Crippen molar-refractivity contribution in [2.75, 3.05) is 17.5 Å². The number of para-hydroxylation sites is 2. The molecule has 8 nitrogen and oxygen atoms in total. The van der Waals surface area contributed by atoms with Crippen LogP contribution in [0.3, 0.4) is 0 Å². The lowest BCUT2D eigenvalue weighted by Gasteiger charge is -2.33. The number of sulfonamides is 1. The Morgan fingerprint density at radius 3 is 2.24 bits per heavy atom. The minimum Gasteiger partial charge on any atom is -0.492 e. The molecule has 4 rings (SSSR count). The molecule has 1 aliphatic rings. The average molecular weight is 578 g/mol. The van der Waals surface area contributed by atoms with Gasteiger partial charge in [-0.3, -0.25) is 13.9 Å². The van der Waals surface area contributed by atoms with E-state index in [4.69, 9.17) is 4.74 Å². The molecule has 0 bridgehead atoms. The number of amides is 2. The number of aryl methyl sites for hydroxylation is 1. The van der Waals surface area contributed by atoms with Crippen LogP contribution in [0.4, 0.5) is 5.69 Å². The number of rotatable bonds is 12. The Labute approximate surface area is 243 Å². The molecule has 0 saturated heterocycles. The zero-order chi connectivity index (χ0) is 29.4. The predicted octanol–water partition coefficient (Wildman–Crippen LogP) is 5.07. The molecule has 0 radical (unpaired) electrons. The van der Waals surface area contributed by atoms with Crippen molar-refractivity contribution in [3.8, 4) is 5.75 Å². The lowest BCUT2D eigenvalue weighted by atomic mass is 10.1. The molecule has 1 fully saturated rings. The highest BCUT2D eigenvalue weighted by atomic mass is 32.2. The Hall–Kier alpha value is -3.85. The zero-order valence-corrected chi connectivity index (χ0v) is 24.8. The van der Waals surface area contributed by atoms with Gasteiger partial charge in [0.25, 0.3) is 10.0 Å². The molecular formula is C32H39N3O5S. The molecule has 2 amide bonds. The summed E-state index contributed by atoms with van der Waals surface area (Å²) in [6.07, 6.45) is 3.97. The van der Waals surface area contributed by atoms with Crippen LogP contribution in [0, 0.1) is 6.92 Å². The Kier molecular flexibility index (Phi) is 10.0. The van der Waals surface area contributed by atoms with Gasteiger partial charge in [-0.05, 0) is 63.4 Å². The number of hydrogen-bond acceptors (Lipinski definition) is 5. The first kappa shape index (κ1) is 30.1. The van der Waals surface area contributed by atoms with Gasteiger partial charge in [-0.15, -0.1) is 0 Å². The van der Waals surface area contributed by atoms with Crippen LogP contribution in [0.2, 0.25) is 0 Å². The van der Waals surface area contributed by atoms with Gasteiger partial charge < -0.3 is 15.0 Å². The maximum Gasteiger partial charge on any atom is 0.264 e. The Morgan fingerprint density at radius 2 is 1.59 bits per heavy atom. The Balaban J connectivity index is 1.71. The predicted molar refractivity (Wildman–Crippen MR) is 160 cm³/mol. The summed E-state index contributed by atoms with van der Waals surface area (Å²) in [4.78, 5) is 29.0. The van der Waals surface area contributed by atoms with E-state index in [-0.39, 0.29) is 29.1 Å². The molecule has 1 saturated carbocycles. The second-order valence-electron chi connectivity index (χ2n) is 10.4. The smallest absolute Gasteiger partial charge is 0.264 e. The molecule has 3 aromatic rings. The van der Waals surface area contributed by atoms with Crippen molar-refractivity contribution >= 4 is 27.5 Å². The summed E-state index contributed by atoms with van der Waals surface area (Å²) in [6.45, 7) is 5.35. The monoisotopic (exact) mass is 577 g/mol. The molecule has 0 spiro atoms. The van der Waals surface area contributed by atoms with E-state index in [1.807, 2.05) is 44.2 Å². The van der Waals surface area contributed by atoms with Gasteiger partial charge in [-0.1, -0.05) is 73.0 Å². The van der Waals surface area contributed by atoms with Gasteiger partial charge in [0, 0.05) is 12.6 Å². The third-order valence-electron chi connectivity index (χ3n) is 7.39. The topological polar surface area (TPSA) is 96.0 Å². The minimum atomic E-state index is -4.17. The summed E-state index contributed by atoms with van der Waals surface area (Å²) < 4.78 is 35.0. The molecule has 0 unspecified atom stereocenters. The van der Waals surface area contributed by atoms with Crippen LogP contribution in [0.5, 0.6) is 5.75 Å².